The Morgan fingerprint density at radius 2 is 1.95 bits per heavy atom. The second-order valence-electron chi connectivity index (χ2n) is 4.57. The molecule has 2 rings (SSSR count). The first-order valence-corrected chi connectivity index (χ1v) is 7.74. The quantitative estimate of drug-likeness (QED) is 0.862. The Balaban J connectivity index is 1.97. The van der Waals surface area contributed by atoms with E-state index in [1.54, 1.807) is 18.7 Å². The Labute approximate surface area is 121 Å². The normalized spacial score (nSPS) is 12.6. The molecule has 0 spiro atoms. The maximum absolute atomic E-state index is 13.6. The third-order valence-corrected chi connectivity index (χ3v) is 3.58. The van der Waals surface area contributed by atoms with Crippen LogP contribution in [0.4, 0.5) is 8.78 Å². The van der Waals surface area contributed by atoms with Crippen molar-refractivity contribution in [1.29, 1.82) is 0 Å². The fraction of sp³-hybridized carbons (Fsp3) is 0.333. The fourth-order valence-electron chi connectivity index (χ4n) is 1.95. The van der Waals surface area contributed by atoms with E-state index in [2.05, 4.69) is 5.32 Å². The van der Waals surface area contributed by atoms with Crippen LogP contribution in [-0.4, -0.2) is 6.26 Å². The highest BCUT2D eigenvalue weighted by molar-refractivity contribution is 7.97. The maximum atomic E-state index is 13.6. The number of halogens is 2. The average Bonchev–Trinajstić information content (AvgIpc) is 2.87. The van der Waals surface area contributed by atoms with Crippen LogP contribution in [-0.2, 0) is 12.3 Å². The van der Waals surface area contributed by atoms with Gasteiger partial charge in [-0.3, -0.25) is 0 Å². The minimum absolute atomic E-state index is 0.292. The van der Waals surface area contributed by atoms with Gasteiger partial charge in [0.1, 0.15) is 23.2 Å². The lowest BCUT2D eigenvalue weighted by Crippen LogP contribution is -2.19. The Morgan fingerprint density at radius 1 is 1.20 bits per heavy atom. The third-order valence-electron chi connectivity index (χ3n) is 3.01. The van der Waals surface area contributed by atoms with Crippen LogP contribution >= 0.6 is 11.8 Å². The van der Waals surface area contributed by atoms with Gasteiger partial charge in [0.2, 0.25) is 0 Å². The topological polar surface area (TPSA) is 25.2 Å². The van der Waals surface area contributed by atoms with Crippen LogP contribution in [0, 0.1) is 11.6 Å². The molecule has 2 aromatic rings. The van der Waals surface area contributed by atoms with E-state index in [4.69, 9.17) is 4.42 Å². The van der Waals surface area contributed by atoms with E-state index >= 15 is 0 Å². The van der Waals surface area contributed by atoms with Crippen LogP contribution in [0.1, 0.15) is 30.0 Å². The molecule has 0 amide bonds. The molecule has 0 saturated carbocycles. The number of benzene rings is 1. The molecule has 5 heteroatoms. The summed E-state index contributed by atoms with van der Waals surface area (Å²) < 4.78 is 32.4. The van der Waals surface area contributed by atoms with E-state index in [-0.39, 0.29) is 6.04 Å². The molecule has 108 valence electrons. The Morgan fingerprint density at radius 3 is 2.70 bits per heavy atom. The largest absolute Gasteiger partial charge is 0.464 e. The monoisotopic (exact) mass is 297 g/mol. The first-order valence-electron chi connectivity index (χ1n) is 6.35. The molecule has 1 unspecified atom stereocenters. The molecule has 0 aliphatic heterocycles. The van der Waals surface area contributed by atoms with E-state index in [9.17, 15) is 8.78 Å². The number of furan rings is 1. The summed E-state index contributed by atoms with van der Waals surface area (Å²) in [6.45, 7) is 2.27. The number of thioether (sulfide) groups is 1. The highest BCUT2D eigenvalue weighted by Crippen LogP contribution is 2.19. The molecule has 0 fully saturated rings. The van der Waals surface area contributed by atoms with Crippen LogP contribution in [0.5, 0.6) is 0 Å². The van der Waals surface area contributed by atoms with Crippen molar-refractivity contribution in [2.45, 2.75) is 25.3 Å². The number of hydrogen-bond acceptors (Lipinski definition) is 3. The van der Waals surface area contributed by atoms with Crippen LogP contribution in [0.2, 0.25) is 0 Å². The molecule has 0 aliphatic rings. The molecule has 2 nitrogen and oxygen atoms in total. The first-order chi connectivity index (χ1) is 9.60. The standard InChI is InChI=1S/C15H17F2NOS/c1-10(14-7-11(16)3-6-15(14)17)18-8-12-4-5-13(19-12)9-20-2/h3-7,10,18H,8-9H2,1-2H3. The van der Waals surface area contributed by atoms with Crippen LogP contribution in [0.25, 0.3) is 0 Å². The van der Waals surface area contributed by atoms with Gasteiger partial charge in [0.25, 0.3) is 0 Å². The summed E-state index contributed by atoms with van der Waals surface area (Å²) in [5.41, 5.74) is 0.320. The Bertz CT molecular complexity index is 571. The number of rotatable bonds is 6. The lowest BCUT2D eigenvalue weighted by molar-refractivity contribution is 0.436. The van der Waals surface area contributed by atoms with Gasteiger partial charge < -0.3 is 9.73 Å². The summed E-state index contributed by atoms with van der Waals surface area (Å²) in [6.07, 6.45) is 2.01. The summed E-state index contributed by atoms with van der Waals surface area (Å²) in [4.78, 5) is 0. The molecule has 0 saturated heterocycles. The number of nitrogens with one attached hydrogen (secondary N) is 1. The molecule has 1 N–H and O–H groups in total. The van der Waals surface area contributed by atoms with Crippen LogP contribution < -0.4 is 5.32 Å². The molecule has 1 heterocycles. The smallest absolute Gasteiger partial charge is 0.128 e. The summed E-state index contributed by atoms with van der Waals surface area (Å²) >= 11 is 1.69. The van der Waals surface area contributed by atoms with Gasteiger partial charge in [-0.25, -0.2) is 8.78 Å². The van der Waals surface area contributed by atoms with Gasteiger partial charge in [0, 0.05) is 11.6 Å². The van der Waals surface area contributed by atoms with Crippen molar-refractivity contribution in [1.82, 2.24) is 5.32 Å². The van der Waals surface area contributed by atoms with Gasteiger partial charge in [-0.1, -0.05) is 0 Å². The molecule has 1 aromatic carbocycles. The molecule has 20 heavy (non-hydrogen) atoms. The molecule has 0 radical (unpaired) electrons. The predicted octanol–water partition coefficient (Wildman–Crippen LogP) is 4.27. The van der Waals surface area contributed by atoms with Crippen molar-refractivity contribution >= 4 is 11.8 Å². The zero-order valence-corrected chi connectivity index (χ0v) is 12.3. The van der Waals surface area contributed by atoms with Crippen LogP contribution in [0.3, 0.4) is 0 Å². The van der Waals surface area contributed by atoms with Crippen molar-refractivity contribution < 1.29 is 13.2 Å². The minimum atomic E-state index is -0.435. The van der Waals surface area contributed by atoms with Gasteiger partial charge >= 0.3 is 0 Å². The van der Waals surface area contributed by atoms with Gasteiger partial charge in [0.15, 0.2) is 0 Å². The van der Waals surface area contributed by atoms with Gasteiger partial charge in [-0.15, -0.1) is 0 Å². The lowest BCUT2D eigenvalue weighted by Gasteiger charge is -2.14. The second-order valence-corrected chi connectivity index (χ2v) is 5.44. The lowest BCUT2D eigenvalue weighted by atomic mass is 10.1. The summed E-state index contributed by atoms with van der Waals surface area (Å²) in [7, 11) is 0. The molecular formula is C15H17F2NOS. The molecule has 0 aliphatic carbocycles. The average molecular weight is 297 g/mol. The van der Waals surface area contributed by atoms with Crippen molar-refractivity contribution in [3.63, 3.8) is 0 Å². The van der Waals surface area contributed by atoms with E-state index in [0.717, 1.165) is 29.4 Å². The highest BCUT2D eigenvalue weighted by atomic mass is 32.2. The Hall–Kier alpha value is -1.33. The van der Waals surface area contributed by atoms with Crippen molar-refractivity contribution in [3.8, 4) is 0 Å². The first kappa shape index (κ1) is 15.1. The zero-order valence-electron chi connectivity index (χ0n) is 11.5. The predicted molar refractivity (Wildman–Crippen MR) is 77.5 cm³/mol. The van der Waals surface area contributed by atoms with Crippen molar-refractivity contribution in [2.24, 2.45) is 0 Å². The van der Waals surface area contributed by atoms with Gasteiger partial charge in [-0.2, -0.15) is 11.8 Å². The van der Waals surface area contributed by atoms with Gasteiger partial charge in [-0.05, 0) is 43.5 Å². The van der Waals surface area contributed by atoms with E-state index in [1.165, 1.54) is 6.07 Å². The zero-order chi connectivity index (χ0) is 14.5. The molecule has 1 aromatic heterocycles. The summed E-state index contributed by atoms with van der Waals surface area (Å²) in [5.74, 6) is 1.69. The fourth-order valence-corrected chi connectivity index (χ4v) is 2.39. The van der Waals surface area contributed by atoms with E-state index in [1.807, 2.05) is 18.4 Å². The van der Waals surface area contributed by atoms with Crippen LogP contribution in [0.15, 0.2) is 34.7 Å². The van der Waals surface area contributed by atoms with E-state index in [0.29, 0.717) is 12.1 Å². The molecule has 0 bridgehead atoms. The van der Waals surface area contributed by atoms with Gasteiger partial charge in [0.05, 0.1) is 12.3 Å². The SMILES string of the molecule is CSCc1ccc(CNC(C)c2cc(F)ccc2F)o1. The minimum Gasteiger partial charge on any atom is -0.464 e. The van der Waals surface area contributed by atoms with E-state index < -0.39 is 11.6 Å². The van der Waals surface area contributed by atoms with Crippen molar-refractivity contribution in [2.75, 3.05) is 6.26 Å². The molecular weight excluding hydrogens is 280 g/mol. The maximum Gasteiger partial charge on any atom is 0.128 e. The van der Waals surface area contributed by atoms with Crippen molar-refractivity contribution in [3.05, 3.63) is 59.1 Å². The second kappa shape index (κ2) is 6.90. The highest BCUT2D eigenvalue weighted by Gasteiger charge is 2.12. The Kier molecular flexibility index (Phi) is 5.20. The third kappa shape index (κ3) is 3.84. The number of hydrogen-bond donors (Lipinski definition) is 1. The molecule has 1 atom stereocenters. The summed E-state index contributed by atoms with van der Waals surface area (Å²) in [6, 6.07) is 7.02. The summed E-state index contributed by atoms with van der Waals surface area (Å²) in [5, 5.41) is 3.13.